The van der Waals surface area contributed by atoms with Crippen LogP contribution in [-0.4, -0.2) is 23.2 Å². The zero-order chi connectivity index (χ0) is 13.9. The largest absolute Gasteiger partial charge is 0.389 e. The maximum absolute atomic E-state index is 9.50. The van der Waals surface area contributed by atoms with Gasteiger partial charge in [0, 0.05) is 19.3 Å². The summed E-state index contributed by atoms with van der Waals surface area (Å²) in [6, 6.07) is 4.02. The fourth-order valence-corrected chi connectivity index (χ4v) is 3.00. The van der Waals surface area contributed by atoms with E-state index in [2.05, 4.69) is 23.7 Å². The maximum atomic E-state index is 9.50. The highest BCUT2D eigenvalue weighted by molar-refractivity contribution is 5.40. The zero-order valence-corrected chi connectivity index (χ0v) is 12.4. The fourth-order valence-electron chi connectivity index (χ4n) is 3.00. The van der Waals surface area contributed by atoms with Crippen LogP contribution < -0.4 is 4.90 Å². The van der Waals surface area contributed by atoms with Gasteiger partial charge in [0.15, 0.2) is 0 Å². The Kier molecular flexibility index (Phi) is 4.46. The Hall–Kier alpha value is -1.09. The fraction of sp³-hybridized carbons (Fsp3) is 0.688. The molecule has 3 nitrogen and oxygen atoms in total. The van der Waals surface area contributed by atoms with Gasteiger partial charge in [0.05, 0.1) is 6.10 Å². The van der Waals surface area contributed by atoms with Gasteiger partial charge in [0.2, 0.25) is 0 Å². The van der Waals surface area contributed by atoms with Crippen molar-refractivity contribution in [3.63, 3.8) is 0 Å². The smallest absolute Gasteiger partial charge is 0.128 e. The van der Waals surface area contributed by atoms with Crippen LogP contribution in [0.5, 0.6) is 0 Å². The van der Waals surface area contributed by atoms with Gasteiger partial charge in [0.25, 0.3) is 0 Å². The summed E-state index contributed by atoms with van der Waals surface area (Å²) in [6.07, 6.45) is 6.45. The summed E-state index contributed by atoms with van der Waals surface area (Å²) in [5.74, 6) is 1.05. The molecule has 1 aliphatic rings. The number of anilines is 1. The third-order valence-electron chi connectivity index (χ3n) is 4.90. The van der Waals surface area contributed by atoms with E-state index in [0.717, 1.165) is 24.5 Å². The van der Waals surface area contributed by atoms with Crippen LogP contribution in [0.1, 0.15) is 58.1 Å². The molecule has 0 amide bonds. The third-order valence-corrected chi connectivity index (χ3v) is 4.90. The highest BCUT2D eigenvalue weighted by Crippen LogP contribution is 2.38. The Morgan fingerprint density at radius 2 is 1.89 bits per heavy atom. The molecule has 0 unspecified atom stereocenters. The van der Waals surface area contributed by atoms with E-state index < -0.39 is 6.10 Å². The molecule has 1 aromatic heterocycles. The van der Waals surface area contributed by atoms with Crippen LogP contribution in [0.4, 0.5) is 5.82 Å². The lowest BCUT2D eigenvalue weighted by molar-refractivity contribution is 0.197. The number of aliphatic hydroxyl groups is 1. The summed E-state index contributed by atoms with van der Waals surface area (Å²) in [4.78, 5) is 6.86. The average molecular weight is 262 g/mol. The van der Waals surface area contributed by atoms with Gasteiger partial charge in [-0.15, -0.1) is 0 Å². The van der Waals surface area contributed by atoms with Crippen molar-refractivity contribution in [2.45, 2.75) is 52.6 Å². The second-order valence-electron chi connectivity index (χ2n) is 5.82. The van der Waals surface area contributed by atoms with Crippen molar-refractivity contribution in [2.75, 3.05) is 18.0 Å². The van der Waals surface area contributed by atoms with Crippen molar-refractivity contribution in [3.8, 4) is 0 Å². The highest BCUT2D eigenvalue weighted by Gasteiger charge is 2.31. The van der Waals surface area contributed by atoms with E-state index in [1.54, 1.807) is 13.1 Å². The van der Waals surface area contributed by atoms with Gasteiger partial charge < -0.3 is 10.0 Å². The quantitative estimate of drug-likeness (QED) is 0.901. The topological polar surface area (TPSA) is 36.4 Å². The van der Waals surface area contributed by atoms with E-state index in [1.807, 2.05) is 12.1 Å². The minimum absolute atomic E-state index is 0.435. The predicted octanol–water partition coefficient (Wildman–Crippen LogP) is 3.54. The van der Waals surface area contributed by atoms with Gasteiger partial charge in [-0.05, 0) is 36.8 Å². The Morgan fingerprint density at radius 3 is 2.32 bits per heavy atom. The molecule has 0 aromatic carbocycles. The van der Waals surface area contributed by atoms with Crippen LogP contribution in [0.15, 0.2) is 18.3 Å². The van der Waals surface area contributed by atoms with Crippen LogP contribution >= 0.6 is 0 Å². The highest BCUT2D eigenvalue weighted by atomic mass is 16.3. The van der Waals surface area contributed by atoms with E-state index in [4.69, 9.17) is 0 Å². The summed E-state index contributed by atoms with van der Waals surface area (Å²) in [5.41, 5.74) is 1.44. The summed E-state index contributed by atoms with van der Waals surface area (Å²) >= 11 is 0. The van der Waals surface area contributed by atoms with Crippen LogP contribution in [0.2, 0.25) is 0 Å². The van der Waals surface area contributed by atoms with Crippen LogP contribution in [0, 0.1) is 5.41 Å². The van der Waals surface area contributed by atoms with Crippen molar-refractivity contribution in [3.05, 3.63) is 23.9 Å². The summed E-state index contributed by atoms with van der Waals surface area (Å²) in [7, 11) is 0. The molecule has 1 fully saturated rings. The minimum Gasteiger partial charge on any atom is -0.389 e. The maximum Gasteiger partial charge on any atom is 0.128 e. The molecule has 2 heterocycles. The molecule has 0 spiro atoms. The van der Waals surface area contributed by atoms with Gasteiger partial charge in [0.1, 0.15) is 5.82 Å². The summed E-state index contributed by atoms with van der Waals surface area (Å²) in [5, 5.41) is 9.50. The van der Waals surface area contributed by atoms with Gasteiger partial charge in [-0.3, -0.25) is 0 Å². The first-order valence-corrected chi connectivity index (χ1v) is 7.49. The minimum atomic E-state index is -0.435. The first kappa shape index (κ1) is 14.3. The molecule has 0 aliphatic carbocycles. The van der Waals surface area contributed by atoms with Crippen molar-refractivity contribution < 1.29 is 5.11 Å². The van der Waals surface area contributed by atoms with Gasteiger partial charge in [-0.1, -0.05) is 32.8 Å². The summed E-state index contributed by atoms with van der Waals surface area (Å²) < 4.78 is 0. The second-order valence-corrected chi connectivity index (χ2v) is 5.82. The standard InChI is InChI=1S/C16H26N2O/c1-4-16(5-2)8-10-18(11-9-16)15-7-6-14(12-17-15)13(3)19/h6-7,12-13,19H,4-5,8-11H2,1-3H3/t13-/m0/s1. The summed E-state index contributed by atoms with van der Waals surface area (Å²) in [6.45, 7) is 8.60. The Bertz CT molecular complexity index is 386. The monoisotopic (exact) mass is 262 g/mol. The molecule has 1 atom stereocenters. The van der Waals surface area contributed by atoms with Gasteiger partial charge in [-0.25, -0.2) is 4.98 Å². The predicted molar refractivity (Wildman–Crippen MR) is 79.3 cm³/mol. The lowest BCUT2D eigenvalue weighted by Crippen LogP contribution is -2.40. The van der Waals surface area contributed by atoms with Crippen LogP contribution in [0.25, 0.3) is 0 Å². The molecule has 106 valence electrons. The second kappa shape index (κ2) is 5.91. The third kappa shape index (κ3) is 3.08. The van der Waals surface area contributed by atoms with E-state index in [1.165, 1.54) is 25.7 Å². The van der Waals surface area contributed by atoms with E-state index in [9.17, 15) is 5.11 Å². The molecular formula is C16H26N2O. The first-order chi connectivity index (χ1) is 9.10. The van der Waals surface area contributed by atoms with Crippen molar-refractivity contribution in [1.29, 1.82) is 0 Å². The van der Waals surface area contributed by atoms with Crippen molar-refractivity contribution >= 4 is 5.82 Å². The average Bonchev–Trinajstić information content (AvgIpc) is 2.47. The lowest BCUT2D eigenvalue weighted by Gasteiger charge is -2.41. The first-order valence-electron chi connectivity index (χ1n) is 7.49. The molecule has 0 bridgehead atoms. The lowest BCUT2D eigenvalue weighted by atomic mass is 9.74. The molecule has 3 heteroatoms. The molecule has 19 heavy (non-hydrogen) atoms. The van der Waals surface area contributed by atoms with Crippen LogP contribution in [-0.2, 0) is 0 Å². The zero-order valence-electron chi connectivity index (χ0n) is 12.4. The SMILES string of the molecule is CCC1(CC)CCN(c2ccc([C@H](C)O)cn2)CC1. The Morgan fingerprint density at radius 1 is 1.26 bits per heavy atom. The van der Waals surface area contributed by atoms with Crippen molar-refractivity contribution in [1.82, 2.24) is 4.98 Å². The molecular weight excluding hydrogens is 236 g/mol. The van der Waals surface area contributed by atoms with E-state index in [0.29, 0.717) is 5.41 Å². The number of aliphatic hydroxyl groups excluding tert-OH is 1. The number of hydrogen-bond acceptors (Lipinski definition) is 3. The number of pyridine rings is 1. The molecule has 0 saturated carbocycles. The number of aromatic nitrogens is 1. The van der Waals surface area contributed by atoms with E-state index >= 15 is 0 Å². The molecule has 1 aromatic rings. The van der Waals surface area contributed by atoms with Gasteiger partial charge in [-0.2, -0.15) is 0 Å². The molecule has 2 rings (SSSR count). The number of nitrogens with zero attached hydrogens (tertiary/aromatic N) is 2. The molecule has 0 radical (unpaired) electrons. The number of hydrogen-bond donors (Lipinski definition) is 1. The Balaban J connectivity index is 2.01. The normalized spacial score (nSPS) is 20.3. The number of rotatable bonds is 4. The Labute approximate surface area is 116 Å². The van der Waals surface area contributed by atoms with Gasteiger partial charge >= 0.3 is 0 Å². The van der Waals surface area contributed by atoms with Crippen molar-refractivity contribution in [2.24, 2.45) is 5.41 Å². The van der Waals surface area contributed by atoms with Crippen LogP contribution in [0.3, 0.4) is 0 Å². The molecule has 1 aliphatic heterocycles. The molecule has 1 saturated heterocycles. The number of piperidine rings is 1. The molecule has 1 N–H and O–H groups in total. The van der Waals surface area contributed by atoms with E-state index in [-0.39, 0.29) is 0 Å².